The number of nitrogens with one attached hydrogen (secondary N) is 1. The summed E-state index contributed by atoms with van der Waals surface area (Å²) in [6, 6.07) is 20.1. The van der Waals surface area contributed by atoms with Crippen molar-refractivity contribution in [3.8, 4) is 5.69 Å². The van der Waals surface area contributed by atoms with Crippen molar-refractivity contribution in [1.82, 2.24) is 15.1 Å². The molecule has 4 nitrogen and oxygen atoms in total. The molecule has 0 unspecified atom stereocenters. The van der Waals surface area contributed by atoms with Crippen LogP contribution in [0, 0.1) is 0 Å². The van der Waals surface area contributed by atoms with Crippen LogP contribution in [0.3, 0.4) is 0 Å². The Balaban J connectivity index is 1.80. The predicted molar refractivity (Wildman–Crippen MR) is 101 cm³/mol. The Bertz CT molecular complexity index is 781. The zero-order chi connectivity index (χ0) is 17.6. The molecule has 1 heterocycles. The number of aliphatic hydroxyl groups is 1. The first-order valence-electron chi connectivity index (χ1n) is 8.72. The Kier molecular flexibility index (Phi) is 5.64. The average Bonchev–Trinajstić information content (AvgIpc) is 3.08. The van der Waals surface area contributed by atoms with Gasteiger partial charge >= 0.3 is 0 Å². The number of nitrogens with zero attached hydrogens (tertiary/aromatic N) is 2. The van der Waals surface area contributed by atoms with Gasteiger partial charge in [-0.1, -0.05) is 62.4 Å². The summed E-state index contributed by atoms with van der Waals surface area (Å²) < 4.78 is 1.93. The highest BCUT2D eigenvalue weighted by Gasteiger charge is 2.15. The van der Waals surface area contributed by atoms with Crippen LogP contribution >= 0.6 is 0 Å². The van der Waals surface area contributed by atoms with E-state index in [1.54, 1.807) is 0 Å². The van der Waals surface area contributed by atoms with Gasteiger partial charge in [0, 0.05) is 18.3 Å². The van der Waals surface area contributed by atoms with Gasteiger partial charge in [-0.3, -0.25) is 0 Å². The number of benzene rings is 2. The summed E-state index contributed by atoms with van der Waals surface area (Å²) in [6.07, 6.45) is 2.08. The van der Waals surface area contributed by atoms with Crippen LogP contribution in [0.4, 0.5) is 0 Å². The lowest BCUT2D eigenvalue weighted by Gasteiger charge is -2.17. The van der Waals surface area contributed by atoms with Crippen LogP contribution in [0.1, 0.15) is 42.6 Å². The van der Waals surface area contributed by atoms with Crippen LogP contribution in [0.5, 0.6) is 0 Å². The van der Waals surface area contributed by atoms with E-state index in [4.69, 9.17) is 5.10 Å². The normalized spacial score (nSPS) is 12.5. The lowest BCUT2D eigenvalue weighted by Crippen LogP contribution is -2.24. The molecule has 2 aromatic carbocycles. The fourth-order valence-corrected chi connectivity index (χ4v) is 2.96. The van der Waals surface area contributed by atoms with Crippen LogP contribution in [-0.4, -0.2) is 21.5 Å². The topological polar surface area (TPSA) is 50.1 Å². The Hall–Kier alpha value is -2.43. The number of aliphatic hydroxyl groups excluding tert-OH is 1. The van der Waals surface area contributed by atoms with Crippen LogP contribution < -0.4 is 5.32 Å². The van der Waals surface area contributed by atoms with Crippen molar-refractivity contribution in [3.63, 3.8) is 0 Å². The fourth-order valence-electron chi connectivity index (χ4n) is 2.96. The molecule has 0 amide bonds. The third kappa shape index (κ3) is 4.16. The predicted octanol–water partition coefficient (Wildman–Crippen LogP) is 3.82. The fraction of sp³-hybridized carbons (Fsp3) is 0.286. The molecule has 0 spiro atoms. The Morgan fingerprint density at radius 2 is 1.64 bits per heavy atom. The van der Waals surface area contributed by atoms with Crippen LogP contribution in [-0.2, 0) is 6.54 Å². The van der Waals surface area contributed by atoms with Gasteiger partial charge in [0.1, 0.15) is 0 Å². The van der Waals surface area contributed by atoms with Gasteiger partial charge in [-0.2, -0.15) is 5.10 Å². The Morgan fingerprint density at radius 1 is 1.00 bits per heavy atom. The van der Waals surface area contributed by atoms with E-state index in [0.717, 1.165) is 22.5 Å². The van der Waals surface area contributed by atoms with Gasteiger partial charge in [0.15, 0.2) is 0 Å². The smallest absolute Gasteiger partial charge is 0.0699 e. The molecule has 0 saturated carbocycles. The van der Waals surface area contributed by atoms with Crippen molar-refractivity contribution in [3.05, 3.63) is 83.7 Å². The molecular weight excluding hydrogens is 310 g/mol. The summed E-state index contributed by atoms with van der Waals surface area (Å²) in [5.41, 5.74) is 4.39. The Morgan fingerprint density at radius 3 is 2.24 bits per heavy atom. The van der Waals surface area contributed by atoms with E-state index in [2.05, 4.69) is 37.5 Å². The maximum atomic E-state index is 9.74. The number of rotatable bonds is 7. The second-order valence-electron chi connectivity index (χ2n) is 6.50. The van der Waals surface area contributed by atoms with Gasteiger partial charge in [-0.25, -0.2) is 4.68 Å². The summed E-state index contributed by atoms with van der Waals surface area (Å²) in [4.78, 5) is 0. The highest BCUT2D eigenvalue weighted by atomic mass is 16.3. The average molecular weight is 335 g/mol. The highest BCUT2D eigenvalue weighted by molar-refractivity contribution is 5.33. The van der Waals surface area contributed by atoms with Crippen molar-refractivity contribution in [2.75, 3.05) is 6.61 Å². The molecule has 0 saturated heterocycles. The lowest BCUT2D eigenvalue weighted by atomic mass is 10.0. The molecule has 1 atom stereocenters. The summed E-state index contributed by atoms with van der Waals surface area (Å²) >= 11 is 0. The van der Waals surface area contributed by atoms with E-state index >= 15 is 0 Å². The van der Waals surface area contributed by atoms with Crippen molar-refractivity contribution < 1.29 is 5.11 Å². The van der Waals surface area contributed by atoms with E-state index in [0.29, 0.717) is 12.5 Å². The van der Waals surface area contributed by atoms with Gasteiger partial charge < -0.3 is 10.4 Å². The lowest BCUT2D eigenvalue weighted by molar-refractivity contribution is 0.243. The molecule has 1 aromatic heterocycles. The molecule has 130 valence electrons. The van der Waals surface area contributed by atoms with Crippen molar-refractivity contribution in [2.24, 2.45) is 0 Å². The second kappa shape index (κ2) is 8.10. The Labute approximate surface area is 149 Å². The van der Waals surface area contributed by atoms with Crippen LogP contribution in [0.25, 0.3) is 5.69 Å². The number of aromatic nitrogens is 2. The van der Waals surface area contributed by atoms with Crippen molar-refractivity contribution in [2.45, 2.75) is 32.4 Å². The van der Waals surface area contributed by atoms with Gasteiger partial charge in [-0.05, 0) is 23.6 Å². The SMILES string of the molecule is CC(C)c1nn(-c2ccccc2)cc1CN[C@H](CO)c1ccccc1. The van der Waals surface area contributed by atoms with Gasteiger partial charge in [0.05, 0.1) is 24.0 Å². The second-order valence-corrected chi connectivity index (χ2v) is 6.50. The largest absolute Gasteiger partial charge is 0.394 e. The molecule has 0 bridgehead atoms. The highest BCUT2D eigenvalue weighted by Crippen LogP contribution is 2.21. The zero-order valence-electron chi connectivity index (χ0n) is 14.8. The molecule has 25 heavy (non-hydrogen) atoms. The van der Waals surface area contributed by atoms with Gasteiger partial charge in [0.25, 0.3) is 0 Å². The molecule has 0 aliphatic heterocycles. The minimum Gasteiger partial charge on any atom is -0.394 e. The molecule has 0 aliphatic rings. The van der Waals surface area contributed by atoms with Gasteiger partial charge in [0.2, 0.25) is 0 Å². The third-order valence-electron chi connectivity index (χ3n) is 4.31. The number of hydrogen-bond acceptors (Lipinski definition) is 3. The molecule has 0 aliphatic carbocycles. The standard InChI is InChI=1S/C21H25N3O/c1-16(2)21-18(14-24(23-21)19-11-7-4-8-12-19)13-22-20(15-25)17-9-5-3-6-10-17/h3-12,14,16,20,22,25H,13,15H2,1-2H3/t20-/m1/s1. The van der Waals surface area contributed by atoms with Crippen molar-refractivity contribution >= 4 is 0 Å². The molecule has 0 fully saturated rings. The van der Waals surface area contributed by atoms with E-state index in [9.17, 15) is 5.11 Å². The minimum atomic E-state index is -0.0821. The third-order valence-corrected chi connectivity index (χ3v) is 4.31. The van der Waals surface area contributed by atoms with Crippen LogP contribution in [0.2, 0.25) is 0 Å². The van der Waals surface area contributed by atoms with E-state index in [1.165, 1.54) is 0 Å². The summed E-state index contributed by atoms with van der Waals surface area (Å²) in [7, 11) is 0. The quantitative estimate of drug-likeness (QED) is 0.690. The van der Waals surface area contributed by atoms with Crippen LogP contribution in [0.15, 0.2) is 66.9 Å². The monoisotopic (exact) mass is 335 g/mol. The van der Waals surface area contributed by atoms with E-state index < -0.39 is 0 Å². The molecule has 3 rings (SSSR count). The molecule has 4 heteroatoms. The van der Waals surface area contributed by atoms with E-state index in [-0.39, 0.29) is 12.6 Å². The van der Waals surface area contributed by atoms with Crippen molar-refractivity contribution in [1.29, 1.82) is 0 Å². The number of hydrogen-bond donors (Lipinski definition) is 2. The summed E-state index contributed by atoms with van der Waals surface area (Å²) in [5, 5.41) is 18.0. The summed E-state index contributed by atoms with van der Waals surface area (Å²) in [5.74, 6) is 0.339. The minimum absolute atomic E-state index is 0.0633. The maximum absolute atomic E-state index is 9.74. The first-order chi connectivity index (χ1) is 12.2. The van der Waals surface area contributed by atoms with Gasteiger partial charge in [-0.15, -0.1) is 0 Å². The number of para-hydroxylation sites is 1. The van der Waals surface area contributed by atoms with E-state index in [1.807, 2.05) is 53.2 Å². The molecule has 2 N–H and O–H groups in total. The first kappa shape index (κ1) is 17.4. The zero-order valence-corrected chi connectivity index (χ0v) is 14.8. The first-order valence-corrected chi connectivity index (χ1v) is 8.72. The summed E-state index contributed by atoms with van der Waals surface area (Å²) in [6.45, 7) is 5.04. The molecule has 3 aromatic rings. The molecular formula is C21H25N3O. The maximum Gasteiger partial charge on any atom is 0.0699 e. The molecule has 0 radical (unpaired) electrons.